The van der Waals surface area contributed by atoms with E-state index in [4.69, 9.17) is 9.47 Å². The van der Waals surface area contributed by atoms with Crippen LogP contribution in [0, 0.1) is 0 Å². The highest BCUT2D eigenvalue weighted by atomic mass is 31.2. The Kier molecular flexibility index (Phi) is 19.6. The highest BCUT2D eigenvalue weighted by molar-refractivity contribution is 7.96. The predicted molar refractivity (Wildman–Crippen MR) is 298 cm³/mol. The Hall–Kier alpha value is -7.86. The number of carbonyl (C=O) groups is 2. The van der Waals surface area contributed by atoms with Crippen LogP contribution in [-0.4, -0.2) is 45.4 Å². The smallest absolute Gasteiger partial charge is 0.416 e. The summed E-state index contributed by atoms with van der Waals surface area (Å²) in [6, 6.07) is 77.8. The number of ether oxygens (including phenoxy) is 2. The standard InChI is InChI=1S/2C27H24O2P.C8H3BF6O3/c2*1-29-23-19-17-22(18-20-23)27(28)21-30(24-11-5-2-6-12-24,25-13-7-3-8-14-25)26-15-9-4-10-16-26;10-7(11,12)4-1-5(8(13,14)15)3-6(2-4)18-9(16)17/h2*2-20H,21H2,1H3;1-3H/q2*+1;-2. The van der Waals surface area contributed by atoms with Crippen molar-refractivity contribution in [2.45, 2.75) is 12.4 Å². The fraction of sp³-hybridized carbons (Fsp3) is 0.0968. The van der Waals surface area contributed by atoms with Gasteiger partial charge in [0.1, 0.15) is 77.5 Å². The van der Waals surface area contributed by atoms with E-state index in [0.717, 1.165) is 11.5 Å². The molecule has 7 nitrogen and oxygen atoms in total. The molecule has 0 saturated heterocycles. The number of ketones is 2. The van der Waals surface area contributed by atoms with Crippen LogP contribution < -0.4 is 56.0 Å². The first-order chi connectivity index (χ1) is 37.5. The van der Waals surface area contributed by atoms with Crippen molar-refractivity contribution < 1.29 is 60.1 Å². The highest BCUT2D eigenvalue weighted by Gasteiger charge is 2.48. The minimum Gasteiger partial charge on any atom is -0.860 e. The summed E-state index contributed by atoms with van der Waals surface area (Å²) in [5.41, 5.74) is -1.90. The molecule has 0 atom stereocenters. The van der Waals surface area contributed by atoms with Gasteiger partial charge < -0.3 is 24.2 Å². The van der Waals surface area contributed by atoms with Crippen molar-refractivity contribution in [2.24, 2.45) is 0 Å². The van der Waals surface area contributed by atoms with Gasteiger partial charge in [-0.1, -0.05) is 109 Å². The van der Waals surface area contributed by atoms with E-state index in [2.05, 4.69) is 150 Å². The number of Topliss-reactive ketones (excluding diaryl/α,β-unsaturated/α-hetero) is 2. The zero-order valence-corrected chi connectivity index (χ0v) is 44.0. The van der Waals surface area contributed by atoms with Crippen molar-refractivity contribution in [3.63, 3.8) is 0 Å². The predicted octanol–water partition coefficient (Wildman–Crippen LogP) is 10.6. The second kappa shape index (κ2) is 26.5. The molecule has 0 amide bonds. The molecule has 9 aromatic carbocycles. The third kappa shape index (κ3) is 14.4. The van der Waals surface area contributed by atoms with Gasteiger partial charge in [0, 0.05) is 11.1 Å². The van der Waals surface area contributed by atoms with Crippen LogP contribution >= 0.6 is 14.5 Å². The van der Waals surface area contributed by atoms with Gasteiger partial charge in [0.05, 0.1) is 31.1 Å². The number of alkyl halides is 6. The molecular formula is C62H51BF6O7P2. The zero-order chi connectivity index (χ0) is 55.8. The summed E-state index contributed by atoms with van der Waals surface area (Å²) >= 11 is 0. The molecule has 0 aliphatic rings. The molecule has 0 radical (unpaired) electrons. The first kappa shape index (κ1) is 57.8. The third-order valence-corrected chi connectivity index (χ3v) is 21.2. The first-order valence-corrected chi connectivity index (χ1v) is 28.1. The Morgan fingerprint density at radius 1 is 0.385 bits per heavy atom. The molecule has 0 spiro atoms. The van der Waals surface area contributed by atoms with Gasteiger partial charge in [0.2, 0.25) is 11.6 Å². The average molecular weight is 1090 g/mol. The van der Waals surface area contributed by atoms with Crippen LogP contribution in [0.3, 0.4) is 0 Å². The van der Waals surface area contributed by atoms with Crippen LogP contribution in [0.1, 0.15) is 31.8 Å². The maximum Gasteiger partial charge on any atom is 0.416 e. The average Bonchev–Trinajstić information content (AvgIpc) is 3.51. The minimum atomic E-state index is -5.05. The van der Waals surface area contributed by atoms with Crippen molar-refractivity contribution in [3.05, 3.63) is 271 Å². The largest absolute Gasteiger partial charge is 0.860 e. The summed E-state index contributed by atoms with van der Waals surface area (Å²) in [6.45, 7) is 0. The van der Waals surface area contributed by atoms with Crippen LogP contribution in [0.5, 0.6) is 17.2 Å². The van der Waals surface area contributed by atoms with E-state index in [-0.39, 0.29) is 29.8 Å². The molecule has 0 N–H and O–H groups in total. The van der Waals surface area contributed by atoms with E-state index in [9.17, 15) is 46.0 Å². The summed E-state index contributed by atoms with van der Waals surface area (Å²) < 4.78 is 88.0. The van der Waals surface area contributed by atoms with E-state index in [1.54, 1.807) is 14.2 Å². The van der Waals surface area contributed by atoms with Gasteiger partial charge in [-0.15, -0.1) is 0 Å². The van der Waals surface area contributed by atoms with Gasteiger partial charge in [-0.3, -0.25) is 9.59 Å². The fourth-order valence-electron chi connectivity index (χ4n) is 8.81. The van der Waals surface area contributed by atoms with Crippen LogP contribution in [0.4, 0.5) is 26.3 Å². The SMILES string of the molecule is COc1ccc(C(=O)C[P+](c2ccccc2)(c2ccccc2)c2ccccc2)cc1.COc1ccc(C(=O)C[P+](c2ccccc2)(c2ccccc2)c2ccccc2)cc1.[O-]B([O-])Oc1cc(C(F)(F)F)cc(C(F)(F)F)c1. The van der Waals surface area contributed by atoms with Crippen LogP contribution in [0.2, 0.25) is 0 Å². The van der Waals surface area contributed by atoms with Crippen LogP contribution in [0.15, 0.2) is 249 Å². The van der Waals surface area contributed by atoms with E-state index < -0.39 is 51.1 Å². The molecule has 9 rings (SSSR count). The lowest BCUT2D eigenvalue weighted by atomic mass is 10.1. The summed E-state index contributed by atoms with van der Waals surface area (Å²) in [4.78, 5) is 27.1. The summed E-state index contributed by atoms with van der Waals surface area (Å²) in [5, 5.41) is 27.4. The molecule has 0 bridgehead atoms. The minimum absolute atomic E-state index is 0.141. The number of benzene rings is 9. The summed E-state index contributed by atoms with van der Waals surface area (Å²) in [6.07, 6.45) is -9.23. The maximum atomic E-state index is 13.6. The van der Waals surface area contributed by atoms with Crippen molar-refractivity contribution in [3.8, 4) is 17.2 Å². The van der Waals surface area contributed by atoms with Crippen LogP contribution in [0.25, 0.3) is 0 Å². The number of halogens is 6. The Morgan fingerprint density at radius 2 is 0.628 bits per heavy atom. The number of rotatable bonds is 16. The number of carbonyl (C=O) groups excluding carboxylic acids is 2. The van der Waals surface area contributed by atoms with E-state index in [1.165, 1.54) is 31.8 Å². The highest BCUT2D eigenvalue weighted by Crippen LogP contribution is 2.57. The van der Waals surface area contributed by atoms with E-state index in [1.807, 2.05) is 84.9 Å². The van der Waals surface area contributed by atoms with Crippen LogP contribution in [-0.2, 0) is 12.4 Å². The molecule has 0 saturated carbocycles. The topological polar surface area (TPSA) is 108 Å². The fourth-order valence-corrected chi connectivity index (χ4v) is 17.0. The quantitative estimate of drug-likeness (QED) is 0.0410. The molecule has 16 heteroatoms. The van der Waals surface area contributed by atoms with Gasteiger partial charge in [0.15, 0.2) is 0 Å². The second-order valence-electron chi connectivity index (χ2n) is 17.4. The molecule has 0 heterocycles. The molecule has 0 unspecified atom stereocenters. The van der Waals surface area contributed by atoms with Crippen molar-refractivity contribution in [1.29, 1.82) is 0 Å². The van der Waals surface area contributed by atoms with Crippen molar-refractivity contribution in [2.75, 3.05) is 26.5 Å². The Morgan fingerprint density at radius 3 is 0.833 bits per heavy atom. The van der Waals surface area contributed by atoms with Gasteiger partial charge >= 0.3 is 12.4 Å². The molecule has 9 aromatic rings. The first-order valence-electron chi connectivity index (χ1n) is 24.2. The third-order valence-electron chi connectivity index (χ3n) is 12.6. The number of hydrogen-bond donors (Lipinski definition) is 0. The van der Waals surface area contributed by atoms with E-state index >= 15 is 0 Å². The van der Waals surface area contributed by atoms with Gasteiger partial charge in [-0.2, -0.15) is 26.3 Å². The lowest BCUT2D eigenvalue weighted by Gasteiger charge is -2.27. The molecule has 0 aromatic heterocycles. The molecule has 0 aliphatic carbocycles. The summed E-state index contributed by atoms with van der Waals surface area (Å²) in [7, 11) is -4.10. The number of methoxy groups -OCH3 is 2. The molecular weight excluding hydrogens is 1040 g/mol. The lowest BCUT2D eigenvalue weighted by molar-refractivity contribution is -0.372. The molecule has 78 heavy (non-hydrogen) atoms. The Balaban J connectivity index is 0.000000176. The van der Waals surface area contributed by atoms with Gasteiger partial charge in [-0.25, -0.2) is 0 Å². The van der Waals surface area contributed by atoms with Crippen molar-refractivity contribution in [1.82, 2.24) is 0 Å². The Labute approximate surface area is 450 Å². The maximum absolute atomic E-state index is 13.6. The molecule has 396 valence electrons. The monoisotopic (exact) mass is 1090 g/mol. The van der Waals surface area contributed by atoms with Gasteiger partial charge in [0.25, 0.3) is 0 Å². The number of hydrogen-bond acceptors (Lipinski definition) is 7. The molecule has 0 fully saturated rings. The van der Waals surface area contributed by atoms with Gasteiger partial charge in [-0.05, 0) is 140 Å². The van der Waals surface area contributed by atoms with Crippen molar-refractivity contribution >= 4 is 65.2 Å². The normalized spacial score (nSPS) is 11.4. The Bertz CT molecular complexity index is 2900. The molecule has 0 aliphatic heterocycles. The summed E-state index contributed by atoms with van der Waals surface area (Å²) in [5.74, 6) is 0.709. The zero-order valence-electron chi connectivity index (χ0n) is 42.2. The van der Waals surface area contributed by atoms with E-state index in [0.29, 0.717) is 23.5 Å². The second-order valence-corrected chi connectivity index (χ2v) is 24.4. The lowest BCUT2D eigenvalue weighted by Crippen LogP contribution is -2.50.